The van der Waals surface area contributed by atoms with Gasteiger partial charge >= 0.3 is 0 Å². The standard InChI is InChI=1S/C26H28BrFN2O2S/c1-3-4-14-29(26(32)21-6-5-7-22(27)15-21)18-25(31)30(17-24-13-8-19(2)33-24)16-20-9-11-23(28)12-10-20/h5-13,15H,3-4,14,16-18H2,1-2H3. The Hall–Kier alpha value is -2.51. The molecule has 33 heavy (non-hydrogen) atoms. The van der Waals surface area contributed by atoms with Crippen molar-refractivity contribution in [1.29, 1.82) is 0 Å². The van der Waals surface area contributed by atoms with E-state index < -0.39 is 0 Å². The molecule has 1 heterocycles. The molecule has 0 fully saturated rings. The Bertz CT molecular complexity index is 1080. The van der Waals surface area contributed by atoms with Crippen LogP contribution in [0.2, 0.25) is 0 Å². The summed E-state index contributed by atoms with van der Waals surface area (Å²) in [4.78, 5) is 32.3. The highest BCUT2D eigenvalue weighted by molar-refractivity contribution is 9.10. The molecule has 0 aliphatic rings. The van der Waals surface area contributed by atoms with Crippen molar-refractivity contribution in [2.24, 2.45) is 0 Å². The van der Waals surface area contributed by atoms with E-state index in [0.717, 1.165) is 27.8 Å². The zero-order valence-electron chi connectivity index (χ0n) is 18.9. The van der Waals surface area contributed by atoms with Gasteiger partial charge in [-0.25, -0.2) is 4.39 Å². The molecule has 0 unspecified atom stereocenters. The molecule has 0 spiro atoms. The second kappa shape index (κ2) is 12.1. The van der Waals surface area contributed by atoms with Crippen LogP contribution in [-0.2, 0) is 17.9 Å². The molecule has 0 bridgehead atoms. The number of benzene rings is 2. The van der Waals surface area contributed by atoms with Crippen LogP contribution < -0.4 is 0 Å². The summed E-state index contributed by atoms with van der Waals surface area (Å²) in [5.74, 6) is -0.604. The average molecular weight is 531 g/mol. The van der Waals surface area contributed by atoms with E-state index in [1.54, 1.807) is 45.4 Å². The molecule has 0 aliphatic heterocycles. The van der Waals surface area contributed by atoms with E-state index in [1.807, 2.05) is 31.2 Å². The van der Waals surface area contributed by atoms with E-state index in [4.69, 9.17) is 0 Å². The fourth-order valence-electron chi connectivity index (χ4n) is 3.47. The molecular weight excluding hydrogens is 503 g/mol. The predicted octanol–water partition coefficient (Wildman–Crippen LogP) is 6.43. The van der Waals surface area contributed by atoms with E-state index in [9.17, 15) is 14.0 Å². The summed E-state index contributed by atoms with van der Waals surface area (Å²) in [5.41, 5.74) is 1.39. The van der Waals surface area contributed by atoms with E-state index in [-0.39, 0.29) is 24.2 Å². The minimum Gasteiger partial charge on any atom is -0.332 e. The second-order valence-electron chi connectivity index (χ2n) is 7.98. The van der Waals surface area contributed by atoms with Crippen molar-refractivity contribution >= 4 is 39.1 Å². The van der Waals surface area contributed by atoms with Gasteiger partial charge in [0.05, 0.1) is 6.54 Å². The lowest BCUT2D eigenvalue weighted by Crippen LogP contribution is -2.42. The largest absolute Gasteiger partial charge is 0.332 e. The first-order valence-electron chi connectivity index (χ1n) is 11.0. The lowest BCUT2D eigenvalue weighted by Gasteiger charge is -2.28. The zero-order chi connectivity index (χ0) is 23.8. The lowest BCUT2D eigenvalue weighted by atomic mass is 10.1. The molecule has 4 nitrogen and oxygen atoms in total. The molecule has 2 amide bonds. The molecule has 0 aliphatic carbocycles. The number of carbonyl (C=O) groups excluding carboxylic acids is 2. The number of thiophene rings is 1. The smallest absolute Gasteiger partial charge is 0.254 e. The van der Waals surface area contributed by atoms with Crippen molar-refractivity contribution in [3.63, 3.8) is 0 Å². The van der Waals surface area contributed by atoms with Gasteiger partial charge in [0.15, 0.2) is 0 Å². The van der Waals surface area contributed by atoms with Crippen LogP contribution in [0.1, 0.15) is 45.4 Å². The Labute approximate surface area is 207 Å². The Morgan fingerprint density at radius 3 is 2.39 bits per heavy atom. The van der Waals surface area contributed by atoms with Gasteiger partial charge in [0.2, 0.25) is 5.91 Å². The maximum Gasteiger partial charge on any atom is 0.254 e. The molecule has 0 saturated heterocycles. The van der Waals surface area contributed by atoms with Crippen LogP contribution in [0.25, 0.3) is 0 Å². The highest BCUT2D eigenvalue weighted by atomic mass is 79.9. The average Bonchev–Trinajstić information content (AvgIpc) is 3.21. The number of aryl methyl sites for hydroxylation is 1. The summed E-state index contributed by atoms with van der Waals surface area (Å²) in [6.07, 6.45) is 1.74. The number of halogens is 2. The fraction of sp³-hybridized carbons (Fsp3) is 0.308. The Balaban J connectivity index is 1.81. The van der Waals surface area contributed by atoms with Gasteiger partial charge in [0.1, 0.15) is 12.4 Å². The number of amides is 2. The van der Waals surface area contributed by atoms with Gasteiger partial charge in [-0.15, -0.1) is 11.3 Å². The van der Waals surface area contributed by atoms with E-state index in [2.05, 4.69) is 22.9 Å². The van der Waals surface area contributed by atoms with Crippen molar-refractivity contribution in [2.75, 3.05) is 13.1 Å². The number of nitrogens with zero attached hydrogens (tertiary/aromatic N) is 2. The molecule has 0 radical (unpaired) electrons. The summed E-state index contributed by atoms with van der Waals surface area (Å²) < 4.78 is 14.2. The van der Waals surface area contributed by atoms with Crippen molar-refractivity contribution in [3.05, 3.63) is 91.8 Å². The van der Waals surface area contributed by atoms with Gasteiger partial charge in [-0.05, 0) is 61.4 Å². The Morgan fingerprint density at radius 1 is 1.00 bits per heavy atom. The third-order valence-electron chi connectivity index (χ3n) is 5.25. The molecule has 7 heteroatoms. The number of hydrogen-bond donors (Lipinski definition) is 0. The van der Waals surface area contributed by atoms with Gasteiger partial charge in [0.25, 0.3) is 5.91 Å². The quantitative estimate of drug-likeness (QED) is 0.303. The van der Waals surface area contributed by atoms with E-state index >= 15 is 0 Å². The number of hydrogen-bond acceptors (Lipinski definition) is 3. The number of unbranched alkanes of at least 4 members (excludes halogenated alkanes) is 1. The minimum atomic E-state index is -0.309. The highest BCUT2D eigenvalue weighted by Gasteiger charge is 2.23. The summed E-state index contributed by atoms with van der Waals surface area (Å²) in [7, 11) is 0. The number of carbonyl (C=O) groups is 2. The summed E-state index contributed by atoms with van der Waals surface area (Å²) in [6, 6.07) is 17.5. The minimum absolute atomic E-state index is 0.00308. The molecule has 0 N–H and O–H groups in total. The fourth-order valence-corrected chi connectivity index (χ4v) is 4.77. The molecule has 0 saturated carbocycles. The van der Waals surface area contributed by atoms with Gasteiger partial charge in [-0.1, -0.05) is 47.5 Å². The third-order valence-corrected chi connectivity index (χ3v) is 6.73. The molecule has 2 aromatic carbocycles. The van der Waals surface area contributed by atoms with Crippen LogP contribution >= 0.6 is 27.3 Å². The van der Waals surface area contributed by atoms with E-state index in [1.165, 1.54) is 17.0 Å². The first kappa shape index (κ1) is 25.1. The summed E-state index contributed by atoms with van der Waals surface area (Å²) in [5, 5.41) is 0. The monoisotopic (exact) mass is 530 g/mol. The van der Waals surface area contributed by atoms with Crippen molar-refractivity contribution in [1.82, 2.24) is 9.80 Å². The SMILES string of the molecule is CCCCN(CC(=O)N(Cc1ccc(F)cc1)Cc1ccc(C)s1)C(=O)c1cccc(Br)c1. The maximum absolute atomic E-state index is 13.5. The normalized spacial score (nSPS) is 10.8. The predicted molar refractivity (Wildman–Crippen MR) is 135 cm³/mol. The first-order chi connectivity index (χ1) is 15.9. The van der Waals surface area contributed by atoms with Gasteiger partial charge < -0.3 is 9.80 Å². The lowest BCUT2D eigenvalue weighted by molar-refractivity contribution is -0.133. The molecular formula is C26H28BrFN2O2S. The zero-order valence-corrected chi connectivity index (χ0v) is 21.3. The van der Waals surface area contributed by atoms with Crippen molar-refractivity contribution < 1.29 is 14.0 Å². The van der Waals surface area contributed by atoms with Crippen LogP contribution in [0.15, 0.2) is 65.1 Å². The Kier molecular flexibility index (Phi) is 9.21. The van der Waals surface area contributed by atoms with Gasteiger partial charge in [0, 0.05) is 32.9 Å². The molecule has 174 valence electrons. The van der Waals surface area contributed by atoms with Crippen molar-refractivity contribution in [2.45, 2.75) is 39.8 Å². The summed E-state index contributed by atoms with van der Waals surface area (Å²) in [6.45, 7) is 5.39. The first-order valence-corrected chi connectivity index (χ1v) is 12.6. The molecule has 0 atom stereocenters. The van der Waals surface area contributed by atoms with Crippen LogP contribution in [0, 0.1) is 12.7 Å². The van der Waals surface area contributed by atoms with Crippen LogP contribution in [0.4, 0.5) is 4.39 Å². The maximum atomic E-state index is 13.5. The van der Waals surface area contributed by atoms with E-state index in [0.29, 0.717) is 25.2 Å². The summed E-state index contributed by atoms with van der Waals surface area (Å²) >= 11 is 5.06. The van der Waals surface area contributed by atoms with Gasteiger partial charge in [-0.3, -0.25) is 9.59 Å². The molecule has 1 aromatic heterocycles. The van der Waals surface area contributed by atoms with Crippen LogP contribution in [-0.4, -0.2) is 34.7 Å². The van der Waals surface area contributed by atoms with Gasteiger partial charge in [-0.2, -0.15) is 0 Å². The molecule has 3 rings (SSSR count). The van der Waals surface area contributed by atoms with Crippen LogP contribution in [0.5, 0.6) is 0 Å². The second-order valence-corrected chi connectivity index (χ2v) is 10.3. The van der Waals surface area contributed by atoms with Crippen LogP contribution in [0.3, 0.4) is 0 Å². The highest BCUT2D eigenvalue weighted by Crippen LogP contribution is 2.20. The Morgan fingerprint density at radius 2 is 1.76 bits per heavy atom. The third kappa shape index (κ3) is 7.51. The van der Waals surface area contributed by atoms with Crippen molar-refractivity contribution in [3.8, 4) is 0 Å². The number of rotatable bonds is 10. The topological polar surface area (TPSA) is 40.6 Å². The molecule has 3 aromatic rings.